The summed E-state index contributed by atoms with van der Waals surface area (Å²) in [6, 6.07) is 0. The summed E-state index contributed by atoms with van der Waals surface area (Å²) in [5.74, 6) is -0.580. The van der Waals surface area contributed by atoms with E-state index in [1.54, 1.807) is 20.8 Å². The Balaban J connectivity index is 2.94. The molecule has 0 saturated carbocycles. The number of cyclic esters (lactones) is 1. The maximum atomic E-state index is 12.1. The topological polar surface area (TPSA) is 93.8 Å². The second-order valence-electron chi connectivity index (χ2n) is 4.78. The predicted molar refractivity (Wildman–Crippen MR) is 75.5 cm³/mol. The van der Waals surface area contributed by atoms with Crippen LogP contribution >= 0.6 is 12.2 Å². The molecule has 6 nitrogen and oxygen atoms in total. The molecule has 1 fully saturated rings. The van der Waals surface area contributed by atoms with Crippen LogP contribution in [0.3, 0.4) is 0 Å². The summed E-state index contributed by atoms with van der Waals surface area (Å²) in [6.07, 6.45) is 0.647. The van der Waals surface area contributed by atoms with Gasteiger partial charge in [0.2, 0.25) is 0 Å². The molecule has 3 N–H and O–H groups in total. The Labute approximate surface area is 117 Å². The van der Waals surface area contributed by atoms with E-state index in [2.05, 4.69) is 22.7 Å². The lowest BCUT2D eigenvalue weighted by Crippen LogP contribution is -2.38. The number of esters is 1. The Kier molecular flexibility index (Phi) is 4.99. The minimum Gasteiger partial charge on any atom is -0.462 e. The largest absolute Gasteiger partial charge is 0.462 e. The van der Waals surface area contributed by atoms with E-state index in [-0.39, 0.29) is 29.8 Å². The molecule has 0 aliphatic carbocycles. The Morgan fingerprint density at radius 3 is 2.74 bits per heavy atom. The van der Waals surface area contributed by atoms with Crippen molar-refractivity contribution in [2.45, 2.75) is 46.1 Å². The Hall–Kier alpha value is -1.50. The van der Waals surface area contributed by atoms with Crippen molar-refractivity contribution in [3.63, 3.8) is 0 Å². The molecule has 0 aromatic carbocycles. The van der Waals surface area contributed by atoms with Crippen molar-refractivity contribution in [3.8, 4) is 0 Å². The third-order valence-corrected chi connectivity index (χ3v) is 3.20. The molecule has 1 heterocycles. The highest BCUT2D eigenvalue weighted by Gasteiger charge is 2.52. The van der Waals surface area contributed by atoms with Crippen LogP contribution in [0.4, 0.5) is 0 Å². The molecule has 0 amide bonds. The third-order valence-electron chi connectivity index (χ3n) is 3.10. The number of ether oxygens (including phenoxy) is 1. The van der Waals surface area contributed by atoms with E-state index in [4.69, 9.17) is 10.5 Å². The number of hydrogen-bond donors (Lipinski definition) is 2. The summed E-state index contributed by atoms with van der Waals surface area (Å²) in [6.45, 7) is 5.23. The maximum absolute atomic E-state index is 12.1. The first-order valence-corrected chi connectivity index (χ1v) is 6.55. The molecule has 2 atom stereocenters. The Morgan fingerprint density at radius 1 is 1.68 bits per heavy atom. The van der Waals surface area contributed by atoms with Gasteiger partial charge in [-0.1, -0.05) is 6.92 Å². The van der Waals surface area contributed by atoms with Crippen LogP contribution in [0.5, 0.6) is 0 Å². The minimum absolute atomic E-state index is 0.0394. The second-order valence-corrected chi connectivity index (χ2v) is 5.22. The van der Waals surface area contributed by atoms with Gasteiger partial charge in [-0.2, -0.15) is 5.10 Å². The van der Waals surface area contributed by atoms with Crippen molar-refractivity contribution in [2.24, 2.45) is 16.3 Å². The monoisotopic (exact) mass is 285 g/mol. The number of carbonyl (C=O) groups excluding carboxylic acids is 2. The van der Waals surface area contributed by atoms with Crippen LogP contribution < -0.4 is 11.2 Å². The van der Waals surface area contributed by atoms with Gasteiger partial charge in [0.25, 0.3) is 0 Å². The molecule has 0 radical (unpaired) electrons. The zero-order valence-electron chi connectivity index (χ0n) is 11.4. The van der Waals surface area contributed by atoms with Crippen LogP contribution in [0.1, 0.15) is 40.0 Å². The lowest BCUT2D eigenvalue weighted by atomic mass is 9.75. The molecule has 0 unspecified atom stereocenters. The first-order valence-electron chi connectivity index (χ1n) is 6.15. The SMILES string of the molecule is CCC(=O)[C@]1(C/C(C)=N\NC(N)=S)C[C@@H](C)OC1=O. The smallest absolute Gasteiger partial charge is 0.320 e. The van der Waals surface area contributed by atoms with Gasteiger partial charge in [-0.25, -0.2) is 0 Å². The van der Waals surface area contributed by atoms with E-state index >= 15 is 0 Å². The molecule has 1 rings (SSSR count). The number of nitrogens with zero attached hydrogens (tertiary/aromatic N) is 1. The van der Waals surface area contributed by atoms with E-state index in [9.17, 15) is 9.59 Å². The van der Waals surface area contributed by atoms with Crippen LogP contribution in [-0.2, 0) is 14.3 Å². The molecular weight excluding hydrogens is 266 g/mol. The number of nitrogens with two attached hydrogens (primary N) is 1. The minimum atomic E-state index is -1.11. The highest BCUT2D eigenvalue weighted by molar-refractivity contribution is 7.80. The number of nitrogens with one attached hydrogen (secondary N) is 1. The van der Waals surface area contributed by atoms with Gasteiger partial charge in [0.15, 0.2) is 5.11 Å². The zero-order valence-corrected chi connectivity index (χ0v) is 12.2. The molecule has 1 aliphatic heterocycles. The van der Waals surface area contributed by atoms with E-state index in [0.717, 1.165) is 0 Å². The Bertz CT molecular complexity index is 426. The molecular formula is C12H19N3O3S. The first-order chi connectivity index (χ1) is 8.81. The lowest BCUT2D eigenvalue weighted by molar-refractivity contribution is -0.152. The van der Waals surface area contributed by atoms with Gasteiger partial charge in [-0.15, -0.1) is 0 Å². The van der Waals surface area contributed by atoms with Crippen LogP contribution in [0, 0.1) is 5.41 Å². The number of rotatable bonds is 5. The summed E-state index contributed by atoms with van der Waals surface area (Å²) in [5.41, 5.74) is 7.20. The fraction of sp³-hybridized carbons (Fsp3) is 0.667. The van der Waals surface area contributed by atoms with Crippen molar-refractivity contribution in [2.75, 3.05) is 0 Å². The fourth-order valence-corrected chi connectivity index (χ4v) is 2.39. The van der Waals surface area contributed by atoms with Gasteiger partial charge in [0.05, 0.1) is 0 Å². The second kappa shape index (κ2) is 6.10. The van der Waals surface area contributed by atoms with Crippen LogP contribution in [0.2, 0.25) is 0 Å². The van der Waals surface area contributed by atoms with Crippen LogP contribution in [0.25, 0.3) is 0 Å². The first kappa shape index (κ1) is 15.6. The molecule has 19 heavy (non-hydrogen) atoms. The third kappa shape index (κ3) is 3.50. The molecule has 7 heteroatoms. The molecule has 1 aliphatic rings. The van der Waals surface area contributed by atoms with Crippen molar-refractivity contribution < 1.29 is 14.3 Å². The van der Waals surface area contributed by atoms with Crippen LogP contribution in [-0.4, -0.2) is 28.7 Å². The lowest BCUT2D eigenvalue weighted by Gasteiger charge is -2.22. The van der Waals surface area contributed by atoms with Gasteiger partial charge >= 0.3 is 5.97 Å². The average Bonchev–Trinajstić information content (AvgIpc) is 2.61. The van der Waals surface area contributed by atoms with Crippen molar-refractivity contribution in [1.29, 1.82) is 0 Å². The summed E-state index contributed by atoms with van der Waals surface area (Å²) in [4.78, 5) is 24.2. The molecule has 0 aromatic rings. The van der Waals surface area contributed by atoms with E-state index < -0.39 is 11.4 Å². The molecule has 106 valence electrons. The quantitative estimate of drug-likeness (QED) is 0.256. The fourth-order valence-electron chi connectivity index (χ4n) is 2.35. The summed E-state index contributed by atoms with van der Waals surface area (Å²) >= 11 is 4.64. The number of ketones is 1. The summed E-state index contributed by atoms with van der Waals surface area (Å²) in [5, 5.41) is 3.99. The van der Waals surface area contributed by atoms with E-state index in [1.807, 2.05) is 0 Å². The van der Waals surface area contributed by atoms with E-state index in [1.165, 1.54) is 0 Å². The number of hydrogen-bond acceptors (Lipinski definition) is 5. The Morgan fingerprint density at radius 2 is 2.32 bits per heavy atom. The highest BCUT2D eigenvalue weighted by Crippen LogP contribution is 2.39. The van der Waals surface area contributed by atoms with Gasteiger partial charge < -0.3 is 10.5 Å². The molecule has 0 aromatic heterocycles. The zero-order chi connectivity index (χ0) is 14.6. The normalized spacial score (nSPS) is 27.0. The average molecular weight is 285 g/mol. The van der Waals surface area contributed by atoms with Crippen LogP contribution in [0.15, 0.2) is 5.10 Å². The van der Waals surface area contributed by atoms with Gasteiger partial charge in [0, 0.05) is 25.0 Å². The summed E-state index contributed by atoms with van der Waals surface area (Å²) in [7, 11) is 0. The number of thiocarbonyl (C=S) groups is 1. The molecule has 0 spiro atoms. The molecule has 0 bridgehead atoms. The number of Topliss-reactive ketones (excluding diaryl/α,β-unsaturated/α-hetero) is 1. The summed E-state index contributed by atoms with van der Waals surface area (Å²) < 4.78 is 5.14. The van der Waals surface area contributed by atoms with Gasteiger partial charge in [0.1, 0.15) is 17.3 Å². The number of carbonyl (C=O) groups is 2. The van der Waals surface area contributed by atoms with Crippen molar-refractivity contribution in [1.82, 2.24) is 5.43 Å². The highest BCUT2D eigenvalue weighted by atomic mass is 32.1. The maximum Gasteiger partial charge on any atom is 0.320 e. The van der Waals surface area contributed by atoms with Gasteiger partial charge in [-0.3, -0.25) is 15.0 Å². The molecule has 1 saturated heterocycles. The van der Waals surface area contributed by atoms with Crippen molar-refractivity contribution in [3.05, 3.63) is 0 Å². The predicted octanol–water partition coefficient (Wildman–Crippen LogP) is 0.887. The van der Waals surface area contributed by atoms with Crippen molar-refractivity contribution >= 4 is 34.8 Å². The standard InChI is InChI=1S/C12H19N3O3S/c1-4-9(16)12(6-8(3)18-10(12)17)5-7(2)14-15-11(13)19/h8H,4-6H2,1-3H3,(H3,13,15,19)/b14-7-/t8-,12+/m1/s1. The van der Waals surface area contributed by atoms with E-state index in [0.29, 0.717) is 12.1 Å². The number of hydrazone groups is 1. The van der Waals surface area contributed by atoms with Gasteiger partial charge in [-0.05, 0) is 26.1 Å².